The zero-order valence-corrected chi connectivity index (χ0v) is 22.1. The standard InChI is InChI=1S/C25H30N4O3S3/c1-26-16-19(35-33-14-4-9-29-10-12-32-13-11-29)17-27-24(30)18-7-8-23-21(15-18)28-25(31)20-5-2-3-6-22(20)34-23/h2-3,5-8,15-16,26H,4,9-14,17H2,1H3,(H,27,30)(H,28,31)/b19-16-. The number of nitrogens with one attached hydrogen (secondary N) is 3. The second-order valence-corrected chi connectivity index (χ2v) is 11.7. The van der Waals surface area contributed by atoms with Crippen LogP contribution in [-0.4, -0.2) is 68.9 Å². The van der Waals surface area contributed by atoms with E-state index in [9.17, 15) is 9.59 Å². The Hall–Kier alpha value is -2.11. The van der Waals surface area contributed by atoms with Gasteiger partial charge in [0.05, 0.1) is 31.0 Å². The summed E-state index contributed by atoms with van der Waals surface area (Å²) in [4.78, 5) is 30.8. The minimum absolute atomic E-state index is 0.161. The highest BCUT2D eigenvalue weighted by Gasteiger charge is 2.20. The van der Waals surface area contributed by atoms with Crippen LogP contribution in [0.4, 0.5) is 5.69 Å². The van der Waals surface area contributed by atoms with Gasteiger partial charge in [0.2, 0.25) is 0 Å². The third kappa shape index (κ3) is 7.44. The zero-order valence-electron chi connectivity index (χ0n) is 19.7. The molecule has 4 rings (SSSR count). The first-order chi connectivity index (χ1) is 17.1. The lowest BCUT2D eigenvalue weighted by atomic mass is 10.1. The van der Waals surface area contributed by atoms with Crippen molar-refractivity contribution in [1.29, 1.82) is 0 Å². The minimum atomic E-state index is -0.172. The summed E-state index contributed by atoms with van der Waals surface area (Å²) in [5.74, 6) is 0.709. The van der Waals surface area contributed by atoms with Crippen molar-refractivity contribution >= 4 is 50.9 Å². The molecule has 2 amide bonds. The number of ether oxygens (including phenoxy) is 1. The lowest BCUT2D eigenvalue weighted by molar-refractivity contribution is 0.0381. The summed E-state index contributed by atoms with van der Waals surface area (Å²) in [6, 6.07) is 13.0. The van der Waals surface area contributed by atoms with E-state index in [-0.39, 0.29) is 11.8 Å². The van der Waals surface area contributed by atoms with E-state index >= 15 is 0 Å². The van der Waals surface area contributed by atoms with Crippen molar-refractivity contribution in [1.82, 2.24) is 15.5 Å². The van der Waals surface area contributed by atoms with Crippen LogP contribution in [0.2, 0.25) is 0 Å². The first kappa shape index (κ1) is 26.0. The molecule has 0 radical (unpaired) electrons. The fourth-order valence-electron chi connectivity index (χ4n) is 3.73. The molecular weight excluding hydrogens is 501 g/mol. The molecule has 0 aromatic heterocycles. The first-order valence-electron chi connectivity index (χ1n) is 11.6. The fourth-order valence-corrected chi connectivity index (χ4v) is 6.90. The van der Waals surface area contributed by atoms with Gasteiger partial charge in [-0.15, -0.1) is 0 Å². The van der Waals surface area contributed by atoms with E-state index in [4.69, 9.17) is 4.74 Å². The normalized spacial score (nSPS) is 16.0. The Bertz CT molecular complexity index is 1070. The van der Waals surface area contributed by atoms with E-state index in [1.165, 1.54) is 11.8 Å². The number of morpholine rings is 1. The third-order valence-electron chi connectivity index (χ3n) is 5.54. The predicted molar refractivity (Wildman–Crippen MR) is 146 cm³/mol. The topological polar surface area (TPSA) is 82.7 Å². The summed E-state index contributed by atoms with van der Waals surface area (Å²) < 4.78 is 5.40. The summed E-state index contributed by atoms with van der Waals surface area (Å²) >= 11 is 1.53. The van der Waals surface area contributed by atoms with Gasteiger partial charge in [-0.3, -0.25) is 14.5 Å². The minimum Gasteiger partial charge on any atom is -0.393 e. The van der Waals surface area contributed by atoms with Crippen LogP contribution in [0.5, 0.6) is 0 Å². The molecule has 7 nitrogen and oxygen atoms in total. The molecule has 0 spiro atoms. The average molecular weight is 531 g/mol. The molecule has 0 saturated carbocycles. The molecule has 0 aliphatic carbocycles. The van der Waals surface area contributed by atoms with Crippen molar-refractivity contribution in [2.45, 2.75) is 16.2 Å². The van der Waals surface area contributed by atoms with E-state index < -0.39 is 0 Å². The Morgan fingerprint density at radius 1 is 1.20 bits per heavy atom. The van der Waals surface area contributed by atoms with Crippen molar-refractivity contribution in [3.63, 3.8) is 0 Å². The SMILES string of the molecule is CN/C=C(/CNC(=O)c1ccc2c(c1)NC(=O)c1ccccc1S2)SSCCCN1CCOCC1. The quantitative estimate of drug-likeness (QED) is 0.310. The number of nitrogens with zero attached hydrogens (tertiary/aromatic N) is 1. The van der Waals surface area contributed by atoms with Crippen molar-refractivity contribution in [2.75, 3.05) is 57.5 Å². The number of anilines is 1. The maximum Gasteiger partial charge on any atom is 0.256 e. The summed E-state index contributed by atoms with van der Waals surface area (Å²) in [7, 11) is 5.34. The van der Waals surface area contributed by atoms with Crippen LogP contribution in [0.25, 0.3) is 0 Å². The number of rotatable bonds is 10. The summed E-state index contributed by atoms with van der Waals surface area (Å²) in [5.41, 5.74) is 1.81. The molecule has 10 heteroatoms. The molecule has 3 N–H and O–H groups in total. The number of hydrogen-bond acceptors (Lipinski definition) is 8. The van der Waals surface area contributed by atoms with Crippen LogP contribution in [0.1, 0.15) is 27.1 Å². The van der Waals surface area contributed by atoms with Gasteiger partial charge in [-0.25, -0.2) is 0 Å². The number of carbonyl (C=O) groups is 2. The van der Waals surface area contributed by atoms with Gasteiger partial charge in [0.15, 0.2) is 0 Å². The van der Waals surface area contributed by atoms with E-state index in [2.05, 4.69) is 20.9 Å². The van der Waals surface area contributed by atoms with Gasteiger partial charge < -0.3 is 20.7 Å². The molecule has 0 atom stereocenters. The number of fused-ring (bicyclic) bond motifs is 2. The molecular formula is C25H30N4O3S3. The van der Waals surface area contributed by atoms with Gasteiger partial charge in [0, 0.05) is 52.3 Å². The molecule has 1 saturated heterocycles. The Morgan fingerprint density at radius 3 is 2.86 bits per heavy atom. The number of carbonyl (C=O) groups excluding carboxylic acids is 2. The van der Waals surface area contributed by atoms with E-state index in [1.807, 2.05) is 43.6 Å². The van der Waals surface area contributed by atoms with Crippen LogP contribution >= 0.6 is 33.3 Å². The van der Waals surface area contributed by atoms with Crippen molar-refractivity contribution in [2.24, 2.45) is 0 Å². The molecule has 2 aromatic rings. The molecule has 2 aliphatic heterocycles. The second-order valence-electron chi connectivity index (χ2n) is 8.06. The van der Waals surface area contributed by atoms with Gasteiger partial charge in [-0.05, 0) is 43.3 Å². The molecule has 186 valence electrons. The fraction of sp³-hybridized carbons (Fsp3) is 0.360. The van der Waals surface area contributed by atoms with Crippen LogP contribution in [0.3, 0.4) is 0 Å². The smallest absolute Gasteiger partial charge is 0.256 e. The molecule has 2 aromatic carbocycles. The lowest BCUT2D eigenvalue weighted by Crippen LogP contribution is -2.36. The van der Waals surface area contributed by atoms with Gasteiger partial charge >= 0.3 is 0 Å². The van der Waals surface area contributed by atoms with Gasteiger partial charge in [-0.1, -0.05) is 45.5 Å². The van der Waals surface area contributed by atoms with E-state index in [1.54, 1.807) is 33.7 Å². The second kappa shape index (κ2) is 13.3. The van der Waals surface area contributed by atoms with E-state index in [0.29, 0.717) is 23.4 Å². The van der Waals surface area contributed by atoms with Gasteiger partial charge in [-0.2, -0.15) is 0 Å². The highest BCUT2D eigenvalue weighted by molar-refractivity contribution is 8.78. The van der Waals surface area contributed by atoms with Crippen molar-refractivity contribution in [3.8, 4) is 0 Å². The Kier molecular flexibility index (Phi) is 9.84. The molecule has 0 bridgehead atoms. The average Bonchev–Trinajstić information content (AvgIpc) is 3.02. The van der Waals surface area contributed by atoms with Crippen LogP contribution in [0.15, 0.2) is 63.4 Å². The molecule has 1 fully saturated rings. The lowest BCUT2D eigenvalue weighted by Gasteiger charge is -2.26. The molecule has 2 heterocycles. The first-order valence-corrected chi connectivity index (χ1v) is 14.7. The van der Waals surface area contributed by atoms with Crippen molar-refractivity contribution in [3.05, 3.63) is 64.7 Å². The maximum atomic E-state index is 12.9. The summed E-state index contributed by atoms with van der Waals surface area (Å²) in [5, 5.41) is 9.01. The third-order valence-corrected chi connectivity index (χ3v) is 9.24. The highest BCUT2D eigenvalue weighted by atomic mass is 33.1. The Morgan fingerprint density at radius 2 is 2.03 bits per heavy atom. The number of amides is 2. The van der Waals surface area contributed by atoms with Crippen molar-refractivity contribution < 1.29 is 14.3 Å². The highest BCUT2D eigenvalue weighted by Crippen LogP contribution is 2.39. The number of hydrogen-bond donors (Lipinski definition) is 3. The monoisotopic (exact) mass is 530 g/mol. The predicted octanol–water partition coefficient (Wildman–Crippen LogP) is 4.30. The largest absolute Gasteiger partial charge is 0.393 e. The van der Waals surface area contributed by atoms with Crippen LogP contribution in [-0.2, 0) is 4.74 Å². The number of benzene rings is 2. The Labute approximate surface area is 218 Å². The van der Waals surface area contributed by atoms with Crippen LogP contribution in [0, 0.1) is 0 Å². The Balaban J connectivity index is 1.27. The summed E-state index contributed by atoms with van der Waals surface area (Å²) in [6.45, 7) is 5.24. The molecule has 0 unspecified atom stereocenters. The van der Waals surface area contributed by atoms with E-state index in [0.717, 1.165) is 59.7 Å². The maximum absolute atomic E-state index is 12.9. The molecule has 35 heavy (non-hydrogen) atoms. The molecule has 2 aliphatic rings. The zero-order chi connectivity index (χ0) is 24.5. The van der Waals surface area contributed by atoms with Gasteiger partial charge in [0.1, 0.15) is 0 Å². The van der Waals surface area contributed by atoms with Gasteiger partial charge in [0.25, 0.3) is 11.8 Å². The van der Waals surface area contributed by atoms with Crippen LogP contribution < -0.4 is 16.0 Å². The summed E-state index contributed by atoms with van der Waals surface area (Å²) in [6.07, 6.45) is 3.05.